The molecule has 5 atom stereocenters. The number of nitrogens with one attached hydrogen (secondary N) is 1. The second-order valence-electron chi connectivity index (χ2n) is 10.1. The van der Waals surface area contributed by atoms with E-state index in [1.54, 1.807) is 0 Å². The van der Waals surface area contributed by atoms with Crippen molar-refractivity contribution in [3.8, 4) is 5.75 Å². The van der Waals surface area contributed by atoms with Gasteiger partial charge in [0, 0.05) is 24.6 Å². The molecule has 204 valence electrons. The molecule has 1 aromatic carbocycles. The van der Waals surface area contributed by atoms with E-state index in [9.17, 15) is 42.9 Å². The van der Waals surface area contributed by atoms with Gasteiger partial charge in [0.25, 0.3) is 5.91 Å². The molecule has 1 amide bonds. The summed E-state index contributed by atoms with van der Waals surface area (Å²) in [6.45, 7) is 0.503. The third kappa shape index (κ3) is 3.34. The maximum absolute atomic E-state index is 14.5. The molecule has 0 aromatic heterocycles. The van der Waals surface area contributed by atoms with Gasteiger partial charge in [-0.2, -0.15) is 13.2 Å². The third-order valence-electron chi connectivity index (χ3n) is 8.29. The van der Waals surface area contributed by atoms with Crippen molar-refractivity contribution in [3.63, 3.8) is 0 Å². The van der Waals surface area contributed by atoms with Gasteiger partial charge in [-0.1, -0.05) is 0 Å². The summed E-state index contributed by atoms with van der Waals surface area (Å²) >= 11 is 0. The maximum Gasteiger partial charge on any atom is 0.417 e. The highest BCUT2D eigenvalue weighted by atomic mass is 19.4. The van der Waals surface area contributed by atoms with Crippen LogP contribution in [0.3, 0.4) is 0 Å². The van der Waals surface area contributed by atoms with Crippen molar-refractivity contribution in [1.82, 2.24) is 5.32 Å². The van der Waals surface area contributed by atoms with E-state index in [2.05, 4.69) is 5.32 Å². The zero-order valence-corrected chi connectivity index (χ0v) is 20.2. The molecule has 1 aromatic rings. The molecular formula is C25H26F3N3O7. The minimum absolute atomic E-state index is 0.160. The fourth-order valence-corrected chi connectivity index (χ4v) is 6.70. The Morgan fingerprint density at radius 2 is 1.92 bits per heavy atom. The lowest BCUT2D eigenvalue weighted by atomic mass is 9.57. The summed E-state index contributed by atoms with van der Waals surface area (Å²) in [5, 5.41) is 35.9. The van der Waals surface area contributed by atoms with Crippen LogP contribution >= 0.6 is 0 Å². The van der Waals surface area contributed by atoms with Gasteiger partial charge in [0.05, 0.1) is 17.2 Å². The van der Waals surface area contributed by atoms with Crippen LogP contribution in [0.1, 0.15) is 47.6 Å². The van der Waals surface area contributed by atoms with Crippen LogP contribution in [-0.2, 0) is 31.7 Å². The van der Waals surface area contributed by atoms with Gasteiger partial charge in [0.2, 0.25) is 5.78 Å². The van der Waals surface area contributed by atoms with E-state index in [4.69, 9.17) is 16.2 Å². The summed E-state index contributed by atoms with van der Waals surface area (Å²) in [6.07, 6.45) is -4.44. The monoisotopic (exact) mass is 537 g/mol. The van der Waals surface area contributed by atoms with Crippen LogP contribution in [0.5, 0.6) is 5.75 Å². The number of phenols is 1. The number of nitrogens with two attached hydrogens (primary N) is 2. The Hall–Kier alpha value is -3.42. The summed E-state index contributed by atoms with van der Waals surface area (Å²) in [4.78, 5) is 38.6. The molecule has 13 heteroatoms. The SMILES string of the molecule is CO[C@]12C(=O)C3=C(O)c4c(O)cc(C5CCCN5)c(C(F)(F)F)c4C[C@H]3C[C@H]1[C@H](N)C(=O)C(C(N)=O)=C2O. The van der Waals surface area contributed by atoms with Gasteiger partial charge >= 0.3 is 6.18 Å². The van der Waals surface area contributed by atoms with Gasteiger partial charge in [0.15, 0.2) is 11.4 Å². The molecule has 4 aliphatic rings. The number of aliphatic hydroxyl groups is 2. The molecular weight excluding hydrogens is 511 g/mol. The summed E-state index contributed by atoms with van der Waals surface area (Å²) < 4.78 is 48.8. The number of amides is 1. The number of ketones is 2. The Balaban J connectivity index is 1.77. The number of alkyl halides is 3. The highest BCUT2D eigenvalue weighted by Gasteiger charge is 2.64. The zero-order chi connectivity index (χ0) is 27.9. The van der Waals surface area contributed by atoms with E-state index in [1.807, 2.05) is 0 Å². The standard InChI is InChI=1S/C25H26F3N3O7/c1-38-24-11(18(29)20(34)16(22(24)36)23(30)37)6-8-5-10-15(19(33)14(8)21(24)35)13(32)7-9(12-3-2-4-31-12)17(10)25(26,27)28/h7-8,11-12,18,31-33,36H,2-6,29H2,1H3,(H2,30,37)/t8-,11-,12?,18-,24-/m0/s1. The number of halogens is 3. The van der Waals surface area contributed by atoms with Gasteiger partial charge in [-0.25, -0.2) is 0 Å². The molecule has 8 N–H and O–H groups in total. The van der Waals surface area contributed by atoms with E-state index < -0.39 is 99.1 Å². The van der Waals surface area contributed by atoms with E-state index in [0.717, 1.165) is 13.2 Å². The molecule has 2 fully saturated rings. The topological polar surface area (TPSA) is 185 Å². The molecule has 1 saturated heterocycles. The molecule has 38 heavy (non-hydrogen) atoms. The number of aromatic hydroxyl groups is 1. The first kappa shape index (κ1) is 26.2. The van der Waals surface area contributed by atoms with Crippen LogP contribution in [0.2, 0.25) is 0 Å². The number of carbonyl (C=O) groups excluding carboxylic acids is 3. The van der Waals surface area contributed by atoms with Gasteiger partial charge in [-0.05, 0) is 55.3 Å². The van der Waals surface area contributed by atoms with Crippen molar-refractivity contribution >= 4 is 23.2 Å². The highest BCUT2D eigenvalue weighted by Crippen LogP contribution is 2.55. The number of primary amides is 1. The van der Waals surface area contributed by atoms with E-state index in [1.165, 1.54) is 0 Å². The van der Waals surface area contributed by atoms with Crippen molar-refractivity contribution < 1.29 is 47.6 Å². The average Bonchev–Trinajstić information content (AvgIpc) is 3.36. The first-order valence-corrected chi connectivity index (χ1v) is 12.0. The Morgan fingerprint density at radius 3 is 2.47 bits per heavy atom. The normalized spacial score (nSPS) is 31.3. The summed E-state index contributed by atoms with van der Waals surface area (Å²) in [7, 11) is 1.02. The molecule has 0 radical (unpaired) electrons. The van der Waals surface area contributed by atoms with Crippen LogP contribution < -0.4 is 16.8 Å². The number of benzene rings is 1. The number of Topliss-reactive ketones (excluding diaryl/α,β-unsaturated/α-hetero) is 2. The van der Waals surface area contributed by atoms with Crippen molar-refractivity contribution in [2.75, 3.05) is 13.7 Å². The lowest BCUT2D eigenvalue weighted by Gasteiger charge is -2.50. The summed E-state index contributed by atoms with van der Waals surface area (Å²) in [6, 6.07) is -1.27. The number of methoxy groups -OCH3 is 1. The second kappa shape index (κ2) is 8.55. The number of aliphatic hydroxyl groups excluding tert-OH is 2. The van der Waals surface area contributed by atoms with Crippen LogP contribution in [0, 0.1) is 11.8 Å². The largest absolute Gasteiger partial charge is 0.508 e. The Morgan fingerprint density at radius 1 is 1.24 bits per heavy atom. The minimum atomic E-state index is -4.85. The lowest BCUT2D eigenvalue weighted by Crippen LogP contribution is -2.66. The molecule has 10 nitrogen and oxygen atoms in total. The first-order valence-electron chi connectivity index (χ1n) is 12.0. The van der Waals surface area contributed by atoms with Gasteiger partial charge in [-0.15, -0.1) is 0 Å². The molecule has 3 aliphatic carbocycles. The second-order valence-corrected chi connectivity index (χ2v) is 10.1. The van der Waals surface area contributed by atoms with Crippen LogP contribution in [0.4, 0.5) is 13.2 Å². The smallest absolute Gasteiger partial charge is 0.417 e. The Kier molecular flexibility index (Phi) is 5.89. The van der Waals surface area contributed by atoms with Gasteiger partial charge < -0.3 is 36.8 Å². The van der Waals surface area contributed by atoms with Gasteiger partial charge in [-0.3, -0.25) is 14.4 Å². The fraction of sp³-hybridized carbons (Fsp3) is 0.480. The van der Waals surface area contributed by atoms with Crippen LogP contribution in [0.25, 0.3) is 5.76 Å². The molecule has 5 rings (SSSR count). The molecule has 0 spiro atoms. The zero-order valence-electron chi connectivity index (χ0n) is 20.2. The number of fused-ring (bicyclic) bond motifs is 3. The Bertz CT molecular complexity index is 1350. The van der Waals surface area contributed by atoms with E-state index >= 15 is 0 Å². The van der Waals surface area contributed by atoms with Gasteiger partial charge in [0.1, 0.15) is 22.8 Å². The van der Waals surface area contributed by atoms with Crippen LogP contribution in [0.15, 0.2) is 23.0 Å². The molecule has 1 heterocycles. The Labute approximate surface area is 214 Å². The van der Waals surface area contributed by atoms with Crippen molar-refractivity contribution in [1.29, 1.82) is 0 Å². The third-order valence-corrected chi connectivity index (χ3v) is 8.29. The summed E-state index contributed by atoms with van der Waals surface area (Å²) in [5.41, 5.74) is 5.55. The predicted molar refractivity (Wildman–Crippen MR) is 125 cm³/mol. The summed E-state index contributed by atoms with van der Waals surface area (Å²) in [5.74, 6) is -8.41. The van der Waals surface area contributed by atoms with Crippen LogP contribution in [-0.4, -0.2) is 58.1 Å². The first-order chi connectivity index (χ1) is 17.8. The van der Waals surface area contributed by atoms with Crippen molar-refractivity contribution in [2.45, 2.75) is 49.5 Å². The predicted octanol–water partition coefficient (Wildman–Crippen LogP) is 1.46. The number of ether oxygens (including phenoxy) is 1. The highest BCUT2D eigenvalue weighted by molar-refractivity contribution is 6.24. The fourth-order valence-electron chi connectivity index (χ4n) is 6.70. The van der Waals surface area contributed by atoms with E-state index in [-0.39, 0.29) is 17.5 Å². The lowest BCUT2D eigenvalue weighted by molar-refractivity contribution is -0.154. The van der Waals surface area contributed by atoms with E-state index in [0.29, 0.717) is 19.4 Å². The molecule has 1 aliphatic heterocycles. The number of hydrogen-bond acceptors (Lipinski definition) is 9. The number of rotatable bonds is 3. The quantitative estimate of drug-likeness (QED) is 0.311. The minimum Gasteiger partial charge on any atom is -0.508 e. The molecule has 0 bridgehead atoms. The maximum atomic E-state index is 14.5. The van der Waals surface area contributed by atoms with Crippen molar-refractivity contribution in [3.05, 3.63) is 45.2 Å². The van der Waals surface area contributed by atoms with Crippen molar-refractivity contribution in [2.24, 2.45) is 23.3 Å². The average molecular weight is 537 g/mol. The number of carbonyl (C=O) groups is 3. The number of hydrogen-bond donors (Lipinski definition) is 6. The molecule has 1 saturated carbocycles. The molecule has 1 unspecified atom stereocenters. The number of phenolic OH excluding ortho intramolecular Hbond substituents is 1.